The van der Waals surface area contributed by atoms with Crippen molar-refractivity contribution in [2.45, 2.75) is 30.2 Å². The maximum Gasteiger partial charge on any atom is 0.170 e. The molecule has 0 amide bonds. The number of hydrogen-bond acceptors (Lipinski definition) is 5. The van der Waals surface area contributed by atoms with E-state index in [1.54, 1.807) is 37.3 Å². The monoisotopic (exact) mass is 355 g/mol. The van der Waals surface area contributed by atoms with E-state index in [1.807, 2.05) is 12.1 Å². The van der Waals surface area contributed by atoms with Gasteiger partial charge < -0.3 is 15.4 Å². The summed E-state index contributed by atoms with van der Waals surface area (Å²) in [5, 5.41) is 6.66. The normalized spacial score (nSPS) is 11.6. The lowest BCUT2D eigenvalue weighted by Gasteiger charge is -2.21. The first-order chi connectivity index (χ1) is 10.4. The Balaban J connectivity index is 2.02. The van der Waals surface area contributed by atoms with E-state index >= 15 is 0 Å². The molecule has 7 heteroatoms. The Morgan fingerprint density at radius 3 is 2.91 bits per heavy atom. The molecule has 4 nitrogen and oxygen atoms in total. The van der Waals surface area contributed by atoms with Crippen molar-refractivity contribution >= 4 is 56.3 Å². The SMILES string of the molecule is CNC(=S)Nc1ccc2nc(SCCC(C)(C)OC)sc2c1. The van der Waals surface area contributed by atoms with Crippen LogP contribution in [0, 0.1) is 0 Å². The molecular formula is C15H21N3OS3. The average Bonchev–Trinajstić information content (AvgIpc) is 2.88. The maximum atomic E-state index is 5.44. The van der Waals surface area contributed by atoms with E-state index in [2.05, 4.69) is 35.5 Å². The third-order valence-electron chi connectivity index (χ3n) is 3.34. The lowest BCUT2D eigenvalue weighted by Crippen LogP contribution is -2.23. The van der Waals surface area contributed by atoms with E-state index in [0.29, 0.717) is 5.11 Å². The average molecular weight is 356 g/mol. The zero-order valence-electron chi connectivity index (χ0n) is 13.2. The van der Waals surface area contributed by atoms with E-state index in [-0.39, 0.29) is 5.60 Å². The fourth-order valence-electron chi connectivity index (χ4n) is 1.72. The smallest absolute Gasteiger partial charge is 0.170 e. The highest BCUT2D eigenvalue weighted by atomic mass is 32.2. The quantitative estimate of drug-likeness (QED) is 0.600. The van der Waals surface area contributed by atoms with Crippen LogP contribution in [0.25, 0.3) is 10.2 Å². The third-order valence-corrected chi connectivity index (χ3v) is 5.81. The predicted molar refractivity (Wildman–Crippen MR) is 101 cm³/mol. The number of anilines is 1. The third kappa shape index (κ3) is 4.81. The highest BCUT2D eigenvalue weighted by Crippen LogP contribution is 2.32. The Labute approximate surface area is 145 Å². The summed E-state index contributed by atoms with van der Waals surface area (Å²) < 4.78 is 7.70. The predicted octanol–water partition coefficient (Wildman–Crippen LogP) is 4.12. The minimum absolute atomic E-state index is 0.0797. The highest BCUT2D eigenvalue weighted by molar-refractivity contribution is 8.01. The van der Waals surface area contributed by atoms with E-state index in [0.717, 1.165) is 32.4 Å². The molecule has 0 aliphatic rings. The van der Waals surface area contributed by atoms with E-state index in [9.17, 15) is 0 Å². The standard InChI is InChI=1S/C15H21N3OS3/c1-15(2,19-4)7-8-21-14-18-11-6-5-10(9-12(11)22-14)17-13(20)16-3/h5-6,9H,7-8H2,1-4H3,(H2,16,17,20). The summed E-state index contributed by atoms with van der Waals surface area (Å²) in [7, 11) is 3.56. The molecule has 0 spiro atoms. The Bertz CT molecular complexity index is 655. The summed E-state index contributed by atoms with van der Waals surface area (Å²) in [5.74, 6) is 0.996. The number of hydrogen-bond donors (Lipinski definition) is 2. The summed E-state index contributed by atoms with van der Waals surface area (Å²) in [5.41, 5.74) is 1.93. The number of nitrogens with zero attached hydrogens (tertiary/aromatic N) is 1. The minimum atomic E-state index is -0.0797. The minimum Gasteiger partial charge on any atom is -0.379 e. The number of methoxy groups -OCH3 is 1. The first-order valence-electron chi connectivity index (χ1n) is 7.01. The van der Waals surface area contributed by atoms with Gasteiger partial charge in [-0.15, -0.1) is 11.3 Å². The largest absolute Gasteiger partial charge is 0.379 e. The van der Waals surface area contributed by atoms with Crippen LogP contribution in [0.5, 0.6) is 0 Å². The van der Waals surface area contributed by atoms with Gasteiger partial charge in [-0.2, -0.15) is 0 Å². The van der Waals surface area contributed by atoms with E-state index in [4.69, 9.17) is 17.0 Å². The van der Waals surface area contributed by atoms with Gasteiger partial charge in [0.15, 0.2) is 9.45 Å². The van der Waals surface area contributed by atoms with Crippen LogP contribution in [-0.4, -0.2) is 35.6 Å². The molecule has 22 heavy (non-hydrogen) atoms. The number of nitrogens with one attached hydrogen (secondary N) is 2. The lowest BCUT2D eigenvalue weighted by atomic mass is 10.1. The Kier molecular flexibility index (Phi) is 6.02. The number of thiocarbonyl (C=S) groups is 1. The first-order valence-corrected chi connectivity index (χ1v) is 9.22. The number of thioether (sulfide) groups is 1. The number of rotatable bonds is 6. The molecule has 0 saturated carbocycles. The molecule has 0 bridgehead atoms. The molecule has 1 aromatic carbocycles. The van der Waals surface area contributed by atoms with Gasteiger partial charge in [0.1, 0.15) is 0 Å². The van der Waals surface area contributed by atoms with E-state index < -0.39 is 0 Å². The molecule has 0 aliphatic carbocycles. The van der Waals surface area contributed by atoms with Crippen molar-refractivity contribution in [2.24, 2.45) is 0 Å². The van der Waals surface area contributed by atoms with Gasteiger partial charge in [0, 0.05) is 25.6 Å². The molecule has 0 saturated heterocycles. The van der Waals surface area contributed by atoms with Crippen molar-refractivity contribution in [1.82, 2.24) is 10.3 Å². The van der Waals surface area contributed by atoms with Crippen LogP contribution in [0.15, 0.2) is 22.5 Å². The van der Waals surface area contributed by atoms with Gasteiger partial charge in [0.05, 0.1) is 15.8 Å². The van der Waals surface area contributed by atoms with E-state index in [1.165, 1.54) is 0 Å². The van der Waals surface area contributed by atoms with Crippen molar-refractivity contribution in [3.05, 3.63) is 18.2 Å². The van der Waals surface area contributed by atoms with Crippen molar-refractivity contribution in [2.75, 3.05) is 25.2 Å². The molecule has 1 heterocycles. The molecule has 120 valence electrons. The molecule has 0 unspecified atom stereocenters. The number of benzene rings is 1. The number of fused-ring (bicyclic) bond motifs is 1. The number of thiazole rings is 1. The van der Waals surface area contributed by atoms with Crippen LogP contribution >= 0.6 is 35.3 Å². The second-order valence-corrected chi connectivity index (χ2v) is 8.21. The molecule has 2 N–H and O–H groups in total. The summed E-state index contributed by atoms with van der Waals surface area (Å²) >= 11 is 8.61. The van der Waals surface area contributed by atoms with Crippen molar-refractivity contribution < 1.29 is 4.74 Å². The number of aromatic nitrogens is 1. The maximum absolute atomic E-state index is 5.44. The van der Waals surface area contributed by atoms with Crippen LogP contribution in [0.1, 0.15) is 20.3 Å². The Hall–Kier alpha value is -0.890. The Morgan fingerprint density at radius 2 is 2.23 bits per heavy atom. The molecular weight excluding hydrogens is 334 g/mol. The fourth-order valence-corrected chi connectivity index (χ4v) is 4.26. The van der Waals surface area contributed by atoms with Crippen LogP contribution in [0.4, 0.5) is 5.69 Å². The number of ether oxygens (including phenoxy) is 1. The fraction of sp³-hybridized carbons (Fsp3) is 0.467. The molecule has 2 rings (SSSR count). The van der Waals surface area contributed by atoms with Gasteiger partial charge in [0.25, 0.3) is 0 Å². The molecule has 0 fully saturated rings. The van der Waals surface area contributed by atoms with Crippen molar-refractivity contribution in [3.63, 3.8) is 0 Å². The van der Waals surface area contributed by atoms with Crippen LogP contribution in [-0.2, 0) is 4.74 Å². The topological polar surface area (TPSA) is 46.2 Å². The van der Waals surface area contributed by atoms with Crippen molar-refractivity contribution in [3.8, 4) is 0 Å². The molecule has 2 aromatic rings. The van der Waals surface area contributed by atoms with Gasteiger partial charge in [-0.05, 0) is 50.7 Å². The molecule has 0 aliphatic heterocycles. The summed E-state index contributed by atoms with van der Waals surface area (Å²) in [6.45, 7) is 4.21. The summed E-state index contributed by atoms with van der Waals surface area (Å²) in [6.07, 6.45) is 0.993. The zero-order chi connectivity index (χ0) is 16.2. The summed E-state index contributed by atoms with van der Waals surface area (Å²) in [4.78, 5) is 4.66. The van der Waals surface area contributed by atoms with Crippen LogP contribution < -0.4 is 10.6 Å². The highest BCUT2D eigenvalue weighted by Gasteiger charge is 2.16. The lowest BCUT2D eigenvalue weighted by molar-refractivity contribution is 0.0207. The van der Waals surface area contributed by atoms with Crippen LogP contribution in [0.3, 0.4) is 0 Å². The molecule has 0 radical (unpaired) electrons. The van der Waals surface area contributed by atoms with Gasteiger partial charge in [-0.3, -0.25) is 0 Å². The molecule has 0 atom stereocenters. The second-order valence-electron chi connectivity index (χ2n) is 5.43. The van der Waals surface area contributed by atoms with Crippen LogP contribution in [0.2, 0.25) is 0 Å². The van der Waals surface area contributed by atoms with Gasteiger partial charge in [-0.1, -0.05) is 11.8 Å². The first kappa shape index (κ1) is 17.5. The van der Waals surface area contributed by atoms with Crippen molar-refractivity contribution in [1.29, 1.82) is 0 Å². The molecule has 1 aromatic heterocycles. The zero-order valence-corrected chi connectivity index (χ0v) is 15.7. The second kappa shape index (κ2) is 7.59. The van der Waals surface area contributed by atoms with Gasteiger partial charge in [0.2, 0.25) is 0 Å². The Morgan fingerprint density at radius 1 is 1.45 bits per heavy atom. The summed E-state index contributed by atoms with van der Waals surface area (Å²) in [6, 6.07) is 6.10. The van der Waals surface area contributed by atoms with Gasteiger partial charge >= 0.3 is 0 Å². The van der Waals surface area contributed by atoms with Gasteiger partial charge in [-0.25, -0.2) is 4.98 Å².